The van der Waals surface area contributed by atoms with Gasteiger partial charge >= 0.3 is 0 Å². The zero-order valence-corrected chi connectivity index (χ0v) is 19.4. The first kappa shape index (κ1) is 20.4. The van der Waals surface area contributed by atoms with Crippen LogP contribution in [0.5, 0.6) is 0 Å². The molecule has 0 radical (unpaired) electrons. The van der Waals surface area contributed by atoms with Crippen molar-refractivity contribution in [2.24, 2.45) is 0 Å². The van der Waals surface area contributed by atoms with Crippen LogP contribution in [0.2, 0.25) is 5.04 Å². The lowest BCUT2D eigenvalue weighted by Gasteiger charge is -2.46. The number of fused-ring (bicyclic) bond motifs is 2. The van der Waals surface area contributed by atoms with Crippen LogP contribution in [0.1, 0.15) is 27.7 Å². The SMILES string of the molecule is CC1C=C2C(=O)[C@@H]3O[C@@H]3[C@@H](O[Si](c3ccccc3)(c3ccccc3)C(C)(C)C)C2=CO1. The van der Waals surface area contributed by atoms with E-state index in [1.807, 2.05) is 25.1 Å². The summed E-state index contributed by atoms with van der Waals surface area (Å²) in [6.45, 7) is 8.69. The van der Waals surface area contributed by atoms with Gasteiger partial charge in [-0.05, 0) is 28.4 Å². The van der Waals surface area contributed by atoms with E-state index in [1.54, 1.807) is 6.26 Å². The van der Waals surface area contributed by atoms with Crippen molar-refractivity contribution in [2.45, 2.75) is 57.1 Å². The summed E-state index contributed by atoms with van der Waals surface area (Å²) in [7, 11) is -2.78. The summed E-state index contributed by atoms with van der Waals surface area (Å²) in [5, 5.41) is 2.26. The molecule has 0 bridgehead atoms. The molecule has 2 aliphatic heterocycles. The Morgan fingerprint density at radius 3 is 2.06 bits per heavy atom. The van der Waals surface area contributed by atoms with E-state index in [4.69, 9.17) is 13.9 Å². The molecule has 5 heteroatoms. The van der Waals surface area contributed by atoms with Crippen LogP contribution in [0.15, 0.2) is 84.1 Å². The molecule has 0 amide bonds. The van der Waals surface area contributed by atoms with Gasteiger partial charge in [-0.15, -0.1) is 0 Å². The average molecular weight is 433 g/mol. The molecule has 4 nitrogen and oxygen atoms in total. The first-order valence-electron chi connectivity index (χ1n) is 10.9. The van der Waals surface area contributed by atoms with Crippen molar-refractivity contribution in [2.75, 3.05) is 0 Å². The van der Waals surface area contributed by atoms with Crippen molar-refractivity contribution in [1.29, 1.82) is 0 Å². The van der Waals surface area contributed by atoms with Gasteiger partial charge in [-0.3, -0.25) is 4.79 Å². The van der Waals surface area contributed by atoms with Crippen molar-refractivity contribution in [3.05, 3.63) is 84.1 Å². The highest BCUT2D eigenvalue weighted by Crippen LogP contribution is 2.47. The van der Waals surface area contributed by atoms with Gasteiger partial charge in [0.2, 0.25) is 0 Å². The number of rotatable bonds is 4. The summed E-state index contributed by atoms with van der Waals surface area (Å²) in [5.74, 6) is 0.0497. The number of benzene rings is 2. The molecule has 5 rings (SSSR count). The molecule has 3 aliphatic rings. The van der Waals surface area contributed by atoms with E-state index in [-0.39, 0.29) is 29.1 Å². The number of hydrogen-bond donors (Lipinski definition) is 0. The molecule has 2 aromatic carbocycles. The van der Waals surface area contributed by atoms with Crippen LogP contribution >= 0.6 is 0 Å². The molecule has 4 atom stereocenters. The van der Waals surface area contributed by atoms with Crippen LogP contribution < -0.4 is 10.4 Å². The molecular formula is C26H28O4Si. The second-order valence-electron chi connectivity index (χ2n) is 9.58. The lowest BCUT2D eigenvalue weighted by molar-refractivity contribution is -0.117. The monoisotopic (exact) mass is 432 g/mol. The van der Waals surface area contributed by atoms with E-state index in [1.165, 1.54) is 10.4 Å². The van der Waals surface area contributed by atoms with Crippen molar-refractivity contribution < 1.29 is 18.7 Å². The van der Waals surface area contributed by atoms with Gasteiger partial charge in [0.25, 0.3) is 8.32 Å². The first-order chi connectivity index (χ1) is 14.8. The molecule has 0 spiro atoms. The highest BCUT2D eigenvalue weighted by molar-refractivity contribution is 6.99. The third kappa shape index (κ3) is 3.23. The molecule has 1 unspecified atom stereocenters. The van der Waals surface area contributed by atoms with Gasteiger partial charge in [-0.2, -0.15) is 0 Å². The van der Waals surface area contributed by atoms with Crippen LogP contribution in [0.4, 0.5) is 0 Å². The summed E-state index contributed by atoms with van der Waals surface area (Å²) in [6.07, 6.45) is 2.49. The van der Waals surface area contributed by atoms with Crippen LogP contribution in [0, 0.1) is 0 Å². The molecule has 0 N–H and O–H groups in total. The van der Waals surface area contributed by atoms with Gasteiger partial charge in [-0.1, -0.05) is 81.4 Å². The zero-order chi connectivity index (χ0) is 21.8. The Hall–Kier alpha value is -2.47. The van der Waals surface area contributed by atoms with Crippen LogP contribution in [0.3, 0.4) is 0 Å². The van der Waals surface area contributed by atoms with E-state index >= 15 is 0 Å². The number of carbonyl (C=O) groups is 1. The highest BCUT2D eigenvalue weighted by Gasteiger charge is 2.62. The third-order valence-corrected chi connectivity index (χ3v) is 11.5. The van der Waals surface area contributed by atoms with E-state index in [2.05, 4.69) is 69.3 Å². The normalized spacial score (nSPS) is 27.4. The second kappa shape index (κ2) is 7.30. The largest absolute Gasteiger partial charge is 0.494 e. The van der Waals surface area contributed by atoms with E-state index in [9.17, 15) is 4.79 Å². The number of epoxide rings is 1. The van der Waals surface area contributed by atoms with Gasteiger partial charge in [0.15, 0.2) is 5.78 Å². The Labute approximate surface area is 184 Å². The quantitative estimate of drug-likeness (QED) is 0.548. The highest BCUT2D eigenvalue weighted by atomic mass is 28.4. The number of carbonyl (C=O) groups excluding carboxylic acids is 1. The Morgan fingerprint density at radius 1 is 0.935 bits per heavy atom. The lowest BCUT2D eigenvalue weighted by Crippen LogP contribution is -2.68. The van der Waals surface area contributed by atoms with Gasteiger partial charge in [-0.25, -0.2) is 0 Å². The number of ether oxygens (including phenoxy) is 2. The maximum atomic E-state index is 12.9. The molecule has 0 aromatic heterocycles. The van der Waals surface area contributed by atoms with Crippen molar-refractivity contribution in [3.8, 4) is 0 Å². The van der Waals surface area contributed by atoms with Gasteiger partial charge in [0.1, 0.15) is 24.4 Å². The van der Waals surface area contributed by atoms with E-state index in [0.717, 1.165) is 5.57 Å². The topological polar surface area (TPSA) is 48.1 Å². The fraction of sp³-hybridized carbons (Fsp3) is 0.346. The fourth-order valence-electron chi connectivity index (χ4n) is 4.97. The molecule has 2 fully saturated rings. The summed E-state index contributed by atoms with van der Waals surface area (Å²) in [4.78, 5) is 12.9. The third-order valence-electron chi connectivity index (χ3n) is 6.50. The van der Waals surface area contributed by atoms with Crippen molar-refractivity contribution >= 4 is 24.5 Å². The van der Waals surface area contributed by atoms with Crippen LogP contribution in [-0.4, -0.2) is 38.5 Å². The van der Waals surface area contributed by atoms with Gasteiger partial charge < -0.3 is 13.9 Å². The Kier molecular flexibility index (Phi) is 4.81. The molecule has 1 aliphatic carbocycles. The van der Waals surface area contributed by atoms with Gasteiger partial charge in [0.05, 0.1) is 6.26 Å². The maximum Gasteiger partial charge on any atom is 0.262 e. The summed E-state index contributed by atoms with van der Waals surface area (Å²) < 4.78 is 19.0. The minimum Gasteiger partial charge on any atom is -0.494 e. The number of ketones is 1. The molecule has 2 aromatic rings. The van der Waals surface area contributed by atoms with E-state index in [0.29, 0.717) is 5.57 Å². The number of Topliss-reactive ketones (excluding diaryl/α,β-unsaturated/α-hetero) is 1. The smallest absolute Gasteiger partial charge is 0.262 e. The summed E-state index contributed by atoms with van der Waals surface area (Å²) in [6, 6.07) is 21.1. The molecular weight excluding hydrogens is 404 g/mol. The maximum absolute atomic E-state index is 12.9. The zero-order valence-electron chi connectivity index (χ0n) is 18.4. The number of hydrogen-bond acceptors (Lipinski definition) is 4. The molecule has 2 heterocycles. The minimum atomic E-state index is -2.78. The Morgan fingerprint density at radius 2 is 1.52 bits per heavy atom. The predicted octanol–water partition coefficient (Wildman–Crippen LogP) is 3.51. The van der Waals surface area contributed by atoms with Crippen LogP contribution in [-0.2, 0) is 18.7 Å². The Bertz CT molecular complexity index is 1010. The molecule has 1 saturated carbocycles. The van der Waals surface area contributed by atoms with E-state index < -0.39 is 14.4 Å². The standard InChI is InChI=1S/C26H28O4Si/c1-17-15-20-21(16-28-17)23(25-24(29-25)22(20)27)30-31(26(2,3)4,18-11-7-5-8-12-18)19-13-9-6-10-14-19/h5-17,23-25H,1-4H3/t17?,23-,24-,25+/m0/s1. The Balaban J connectivity index is 1.67. The molecule has 1 saturated heterocycles. The second-order valence-corrected chi connectivity index (χ2v) is 13.8. The lowest BCUT2D eigenvalue weighted by atomic mass is 9.85. The molecule has 160 valence electrons. The summed E-state index contributed by atoms with van der Waals surface area (Å²) in [5.41, 5.74) is 1.51. The molecule has 31 heavy (non-hydrogen) atoms. The minimum absolute atomic E-state index is 0.0497. The van der Waals surface area contributed by atoms with Crippen LogP contribution in [0.25, 0.3) is 0 Å². The predicted molar refractivity (Wildman–Crippen MR) is 123 cm³/mol. The first-order valence-corrected chi connectivity index (χ1v) is 12.8. The summed E-state index contributed by atoms with van der Waals surface area (Å²) >= 11 is 0. The fourth-order valence-corrected chi connectivity index (χ4v) is 9.62. The van der Waals surface area contributed by atoms with Gasteiger partial charge in [0, 0.05) is 11.1 Å². The average Bonchev–Trinajstić information content (AvgIpc) is 3.56. The van der Waals surface area contributed by atoms with Crippen molar-refractivity contribution in [3.63, 3.8) is 0 Å². The van der Waals surface area contributed by atoms with Crippen molar-refractivity contribution in [1.82, 2.24) is 0 Å².